The minimum atomic E-state index is -0.253. The van der Waals surface area contributed by atoms with Crippen LogP contribution in [0.3, 0.4) is 0 Å². The van der Waals surface area contributed by atoms with Crippen molar-refractivity contribution in [2.75, 3.05) is 26.2 Å². The Morgan fingerprint density at radius 3 is 2.57 bits per heavy atom. The van der Waals surface area contributed by atoms with Gasteiger partial charge >= 0.3 is 0 Å². The van der Waals surface area contributed by atoms with Crippen LogP contribution < -0.4 is 5.73 Å². The Labute approximate surface area is 206 Å². The van der Waals surface area contributed by atoms with Crippen molar-refractivity contribution in [1.29, 1.82) is 0 Å². The van der Waals surface area contributed by atoms with E-state index in [0.29, 0.717) is 29.9 Å². The number of rotatable bonds is 7. The lowest BCUT2D eigenvalue weighted by molar-refractivity contribution is 0.0670. The van der Waals surface area contributed by atoms with Crippen LogP contribution in [0.4, 0.5) is 4.39 Å². The summed E-state index contributed by atoms with van der Waals surface area (Å²) in [6.07, 6.45) is 2.90. The second-order valence-corrected chi connectivity index (χ2v) is 10.2. The highest BCUT2D eigenvalue weighted by atomic mass is 19.1. The number of carbonyl (C=O) groups is 1. The van der Waals surface area contributed by atoms with Crippen LogP contribution in [-0.2, 0) is 6.42 Å². The topological polar surface area (TPSA) is 62.7 Å². The fraction of sp³-hybridized carbons (Fsp3) is 0.414. The minimum absolute atomic E-state index is 0.0673. The Bertz CT molecular complexity index is 1130. The Balaban J connectivity index is 1.30. The Morgan fingerprint density at radius 2 is 1.86 bits per heavy atom. The number of hydrogen-bond acceptors (Lipinski definition) is 4. The molecule has 6 heteroatoms. The van der Waals surface area contributed by atoms with Gasteiger partial charge in [-0.2, -0.15) is 0 Å². The molecular weight excluding hydrogens is 441 g/mol. The third kappa shape index (κ3) is 5.49. The van der Waals surface area contributed by atoms with Gasteiger partial charge in [-0.3, -0.25) is 4.79 Å². The van der Waals surface area contributed by atoms with E-state index in [2.05, 4.69) is 35.2 Å². The SMILES string of the molecule is CC(N)c1ccc(C(=O)N2CC(Cc3ccc(F)cc3)CC2CN2CCC(c3ccccc3)C2)o1. The fourth-order valence-corrected chi connectivity index (χ4v) is 5.69. The smallest absolute Gasteiger partial charge is 0.289 e. The number of benzene rings is 2. The summed E-state index contributed by atoms with van der Waals surface area (Å²) in [6, 6.07) is 20.8. The zero-order valence-electron chi connectivity index (χ0n) is 20.3. The standard InChI is InChI=1S/C29H34FN3O2/c1-20(31)27-11-12-28(35-27)29(34)33-17-22(15-21-7-9-25(30)10-8-21)16-26(33)19-32-14-13-24(18-32)23-5-3-2-4-6-23/h2-12,20,22,24,26H,13-19,31H2,1H3. The van der Waals surface area contributed by atoms with E-state index in [4.69, 9.17) is 10.2 Å². The van der Waals surface area contributed by atoms with Gasteiger partial charge in [0.25, 0.3) is 5.91 Å². The summed E-state index contributed by atoms with van der Waals surface area (Å²) in [7, 11) is 0. The van der Waals surface area contributed by atoms with Crippen molar-refractivity contribution in [3.8, 4) is 0 Å². The number of furan rings is 1. The molecule has 0 radical (unpaired) electrons. The summed E-state index contributed by atoms with van der Waals surface area (Å²) in [5.41, 5.74) is 8.44. The molecule has 4 unspecified atom stereocenters. The van der Waals surface area contributed by atoms with Crippen LogP contribution in [0.15, 0.2) is 71.1 Å². The van der Waals surface area contributed by atoms with E-state index in [-0.39, 0.29) is 23.8 Å². The molecule has 3 heterocycles. The monoisotopic (exact) mass is 475 g/mol. The molecule has 3 aromatic rings. The molecule has 2 aliphatic rings. The van der Waals surface area contributed by atoms with Gasteiger partial charge in [-0.1, -0.05) is 42.5 Å². The van der Waals surface area contributed by atoms with E-state index in [9.17, 15) is 9.18 Å². The van der Waals surface area contributed by atoms with E-state index >= 15 is 0 Å². The summed E-state index contributed by atoms with van der Waals surface area (Å²) < 4.78 is 19.2. The number of nitrogens with zero attached hydrogens (tertiary/aromatic N) is 2. The van der Waals surface area contributed by atoms with Crippen LogP contribution in [-0.4, -0.2) is 47.9 Å². The van der Waals surface area contributed by atoms with Crippen LogP contribution in [0, 0.1) is 11.7 Å². The van der Waals surface area contributed by atoms with Gasteiger partial charge in [0.2, 0.25) is 0 Å². The first kappa shape index (κ1) is 23.8. The van der Waals surface area contributed by atoms with Crippen molar-refractivity contribution >= 4 is 5.91 Å². The van der Waals surface area contributed by atoms with Gasteiger partial charge < -0.3 is 20.0 Å². The van der Waals surface area contributed by atoms with Crippen molar-refractivity contribution in [2.45, 2.75) is 44.2 Å². The van der Waals surface area contributed by atoms with E-state index < -0.39 is 0 Å². The number of nitrogens with two attached hydrogens (primary N) is 1. The van der Waals surface area contributed by atoms with Crippen molar-refractivity contribution in [2.24, 2.45) is 11.7 Å². The van der Waals surface area contributed by atoms with E-state index in [0.717, 1.165) is 44.5 Å². The van der Waals surface area contributed by atoms with Gasteiger partial charge in [-0.15, -0.1) is 0 Å². The van der Waals surface area contributed by atoms with Gasteiger partial charge in [-0.05, 0) is 80.0 Å². The molecule has 0 bridgehead atoms. The zero-order valence-corrected chi connectivity index (χ0v) is 20.3. The molecule has 0 aliphatic carbocycles. The Hall–Kier alpha value is -2.96. The maximum absolute atomic E-state index is 13.5. The number of hydrogen-bond donors (Lipinski definition) is 1. The maximum Gasteiger partial charge on any atom is 0.289 e. The van der Waals surface area contributed by atoms with E-state index in [1.165, 1.54) is 17.7 Å². The average Bonchev–Trinajstić information content (AvgIpc) is 3.61. The number of carbonyl (C=O) groups excluding carboxylic acids is 1. The quantitative estimate of drug-likeness (QED) is 0.522. The predicted octanol–water partition coefficient (Wildman–Crippen LogP) is 5.00. The lowest BCUT2D eigenvalue weighted by Gasteiger charge is -2.28. The molecule has 0 saturated carbocycles. The van der Waals surface area contributed by atoms with E-state index in [1.54, 1.807) is 12.1 Å². The Morgan fingerprint density at radius 1 is 1.09 bits per heavy atom. The van der Waals surface area contributed by atoms with Gasteiger partial charge in [-0.25, -0.2) is 4.39 Å². The number of likely N-dealkylation sites (tertiary alicyclic amines) is 2. The lowest BCUT2D eigenvalue weighted by atomic mass is 9.96. The molecule has 2 saturated heterocycles. The third-order valence-electron chi connectivity index (χ3n) is 7.50. The summed E-state index contributed by atoms with van der Waals surface area (Å²) in [5.74, 6) is 1.55. The van der Waals surface area contributed by atoms with Gasteiger partial charge in [0.1, 0.15) is 11.6 Å². The second kappa shape index (κ2) is 10.3. The lowest BCUT2D eigenvalue weighted by Crippen LogP contribution is -2.42. The molecule has 2 N–H and O–H groups in total. The highest BCUT2D eigenvalue weighted by Gasteiger charge is 2.38. The summed E-state index contributed by atoms with van der Waals surface area (Å²) in [4.78, 5) is 18.0. The molecule has 184 valence electrons. The first-order valence-electron chi connectivity index (χ1n) is 12.6. The molecule has 4 atom stereocenters. The fourth-order valence-electron chi connectivity index (χ4n) is 5.69. The molecule has 5 rings (SSSR count). The molecule has 1 amide bonds. The van der Waals surface area contributed by atoms with E-state index in [1.807, 2.05) is 24.0 Å². The van der Waals surface area contributed by atoms with Crippen LogP contribution in [0.2, 0.25) is 0 Å². The van der Waals surface area contributed by atoms with Gasteiger partial charge in [0.15, 0.2) is 5.76 Å². The molecule has 2 aromatic carbocycles. The Kier molecular flexibility index (Phi) is 7.02. The van der Waals surface area contributed by atoms with Crippen molar-refractivity contribution < 1.29 is 13.6 Å². The molecule has 35 heavy (non-hydrogen) atoms. The maximum atomic E-state index is 13.5. The molecular formula is C29H34FN3O2. The zero-order chi connectivity index (χ0) is 24.4. The highest BCUT2D eigenvalue weighted by molar-refractivity contribution is 5.92. The molecule has 5 nitrogen and oxygen atoms in total. The molecule has 2 fully saturated rings. The van der Waals surface area contributed by atoms with Gasteiger partial charge in [0.05, 0.1) is 6.04 Å². The van der Waals surface area contributed by atoms with Crippen LogP contribution in [0.25, 0.3) is 0 Å². The van der Waals surface area contributed by atoms with Crippen molar-refractivity contribution in [3.05, 3.63) is 95.2 Å². The van der Waals surface area contributed by atoms with Gasteiger partial charge in [0, 0.05) is 25.7 Å². The highest BCUT2D eigenvalue weighted by Crippen LogP contribution is 2.32. The minimum Gasteiger partial charge on any atom is -0.454 e. The molecule has 0 spiro atoms. The largest absolute Gasteiger partial charge is 0.454 e. The van der Waals surface area contributed by atoms with Crippen molar-refractivity contribution in [1.82, 2.24) is 9.80 Å². The molecule has 2 aliphatic heterocycles. The summed E-state index contributed by atoms with van der Waals surface area (Å²) in [6.45, 7) is 5.43. The predicted molar refractivity (Wildman–Crippen MR) is 135 cm³/mol. The third-order valence-corrected chi connectivity index (χ3v) is 7.50. The summed E-state index contributed by atoms with van der Waals surface area (Å²) >= 11 is 0. The second-order valence-electron chi connectivity index (χ2n) is 10.2. The van der Waals surface area contributed by atoms with Crippen LogP contribution in [0.1, 0.15) is 59.2 Å². The average molecular weight is 476 g/mol. The molecule has 1 aromatic heterocycles. The van der Waals surface area contributed by atoms with Crippen LogP contribution >= 0.6 is 0 Å². The van der Waals surface area contributed by atoms with Crippen LogP contribution in [0.5, 0.6) is 0 Å². The van der Waals surface area contributed by atoms with Crippen molar-refractivity contribution in [3.63, 3.8) is 0 Å². The first-order chi connectivity index (χ1) is 17.0. The number of halogens is 1. The normalized spacial score (nSPS) is 23.6. The number of amides is 1. The first-order valence-corrected chi connectivity index (χ1v) is 12.6. The summed E-state index contributed by atoms with van der Waals surface area (Å²) in [5, 5.41) is 0.